The molecule has 2 fully saturated rings. The van der Waals surface area contributed by atoms with Gasteiger partial charge in [-0.3, -0.25) is 9.59 Å². The SMILES string of the molecule is CS(=O)(=O)N1CCC(NC(=O)[C@H]2CCC(=O)N2)CC1. The number of carbonyl (C=O) groups is 2. The van der Waals surface area contributed by atoms with Crippen molar-refractivity contribution < 1.29 is 18.0 Å². The van der Waals surface area contributed by atoms with Crippen molar-refractivity contribution in [1.29, 1.82) is 0 Å². The van der Waals surface area contributed by atoms with E-state index in [-0.39, 0.29) is 17.9 Å². The maximum atomic E-state index is 11.9. The van der Waals surface area contributed by atoms with E-state index in [2.05, 4.69) is 10.6 Å². The van der Waals surface area contributed by atoms with Crippen molar-refractivity contribution in [3.8, 4) is 0 Å². The second-order valence-corrected chi connectivity index (χ2v) is 7.09. The largest absolute Gasteiger partial charge is 0.351 e. The average Bonchev–Trinajstić information content (AvgIpc) is 2.75. The number of hydrogen-bond acceptors (Lipinski definition) is 4. The number of piperidine rings is 1. The van der Waals surface area contributed by atoms with Gasteiger partial charge in [0.2, 0.25) is 21.8 Å². The smallest absolute Gasteiger partial charge is 0.242 e. The van der Waals surface area contributed by atoms with E-state index in [1.165, 1.54) is 10.6 Å². The summed E-state index contributed by atoms with van der Waals surface area (Å²) in [5, 5.41) is 5.50. The van der Waals surface area contributed by atoms with Crippen molar-refractivity contribution in [2.24, 2.45) is 0 Å². The van der Waals surface area contributed by atoms with Crippen molar-refractivity contribution >= 4 is 21.8 Å². The summed E-state index contributed by atoms with van der Waals surface area (Å²) in [5.41, 5.74) is 0. The van der Waals surface area contributed by atoms with Crippen LogP contribution in [0.15, 0.2) is 0 Å². The molecule has 8 heteroatoms. The van der Waals surface area contributed by atoms with Crippen LogP contribution in [0.1, 0.15) is 25.7 Å². The fraction of sp³-hybridized carbons (Fsp3) is 0.818. The third kappa shape index (κ3) is 3.66. The molecule has 0 aliphatic carbocycles. The molecular weight excluding hydrogens is 270 g/mol. The van der Waals surface area contributed by atoms with Gasteiger partial charge in [0.05, 0.1) is 6.26 Å². The summed E-state index contributed by atoms with van der Waals surface area (Å²) in [5.74, 6) is -0.254. The molecule has 2 rings (SSSR count). The molecule has 2 amide bonds. The summed E-state index contributed by atoms with van der Waals surface area (Å²) >= 11 is 0. The monoisotopic (exact) mass is 289 g/mol. The minimum atomic E-state index is -3.14. The number of rotatable bonds is 3. The van der Waals surface area contributed by atoms with Crippen molar-refractivity contribution in [1.82, 2.24) is 14.9 Å². The quantitative estimate of drug-likeness (QED) is 0.682. The lowest BCUT2D eigenvalue weighted by molar-refractivity contribution is -0.126. The minimum absolute atomic E-state index is 0.0111. The molecule has 108 valence electrons. The van der Waals surface area contributed by atoms with Gasteiger partial charge in [-0.2, -0.15) is 0 Å². The number of amides is 2. The third-order valence-corrected chi connectivity index (χ3v) is 4.88. The van der Waals surface area contributed by atoms with Gasteiger partial charge < -0.3 is 10.6 Å². The van der Waals surface area contributed by atoms with E-state index in [1.807, 2.05) is 0 Å². The van der Waals surface area contributed by atoms with Crippen LogP contribution in [0.4, 0.5) is 0 Å². The lowest BCUT2D eigenvalue weighted by Gasteiger charge is -2.31. The third-order valence-electron chi connectivity index (χ3n) is 3.58. The highest BCUT2D eigenvalue weighted by Crippen LogP contribution is 2.14. The number of hydrogen-bond donors (Lipinski definition) is 2. The van der Waals surface area contributed by atoms with Gasteiger partial charge in [0.15, 0.2) is 0 Å². The van der Waals surface area contributed by atoms with E-state index in [4.69, 9.17) is 0 Å². The predicted molar refractivity (Wildman–Crippen MR) is 68.7 cm³/mol. The normalized spacial score (nSPS) is 26.2. The van der Waals surface area contributed by atoms with Crippen LogP contribution in [0.25, 0.3) is 0 Å². The predicted octanol–water partition coefficient (Wildman–Crippen LogP) is -1.19. The summed E-state index contributed by atoms with van der Waals surface area (Å²) in [6, 6.07) is -0.441. The maximum absolute atomic E-state index is 11.9. The fourth-order valence-corrected chi connectivity index (χ4v) is 3.32. The molecule has 0 unspecified atom stereocenters. The van der Waals surface area contributed by atoms with Gasteiger partial charge in [0, 0.05) is 25.6 Å². The van der Waals surface area contributed by atoms with E-state index in [0.717, 1.165) is 0 Å². The van der Waals surface area contributed by atoms with Gasteiger partial charge in [-0.1, -0.05) is 0 Å². The highest BCUT2D eigenvalue weighted by atomic mass is 32.2. The lowest BCUT2D eigenvalue weighted by atomic mass is 10.1. The van der Waals surface area contributed by atoms with Gasteiger partial charge >= 0.3 is 0 Å². The molecule has 2 N–H and O–H groups in total. The molecule has 0 radical (unpaired) electrons. The second kappa shape index (κ2) is 5.46. The molecule has 0 aromatic rings. The zero-order chi connectivity index (χ0) is 14.0. The second-order valence-electron chi connectivity index (χ2n) is 5.10. The van der Waals surface area contributed by atoms with Gasteiger partial charge in [0.25, 0.3) is 0 Å². The molecule has 2 heterocycles. The number of carbonyl (C=O) groups excluding carboxylic acids is 2. The Labute approximate surface area is 112 Å². The van der Waals surface area contributed by atoms with Gasteiger partial charge in [-0.15, -0.1) is 0 Å². The zero-order valence-electron chi connectivity index (χ0n) is 10.9. The summed E-state index contributed by atoms with van der Waals surface area (Å²) < 4.78 is 24.1. The van der Waals surface area contributed by atoms with Crippen LogP contribution in [-0.2, 0) is 19.6 Å². The first-order valence-electron chi connectivity index (χ1n) is 6.41. The molecule has 2 aliphatic rings. The topological polar surface area (TPSA) is 95.6 Å². The average molecular weight is 289 g/mol. The van der Waals surface area contributed by atoms with Crippen LogP contribution in [0.2, 0.25) is 0 Å². The molecule has 0 spiro atoms. The van der Waals surface area contributed by atoms with Gasteiger partial charge in [-0.05, 0) is 19.3 Å². The van der Waals surface area contributed by atoms with Crippen LogP contribution in [0.3, 0.4) is 0 Å². The first kappa shape index (κ1) is 14.3. The highest BCUT2D eigenvalue weighted by molar-refractivity contribution is 7.88. The van der Waals surface area contributed by atoms with E-state index >= 15 is 0 Å². The number of sulfonamides is 1. The van der Waals surface area contributed by atoms with Crippen molar-refractivity contribution in [3.05, 3.63) is 0 Å². The summed E-state index contributed by atoms with van der Waals surface area (Å²) in [4.78, 5) is 22.9. The lowest BCUT2D eigenvalue weighted by Crippen LogP contribution is -2.50. The van der Waals surface area contributed by atoms with Crippen molar-refractivity contribution in [2.75, 3.05) is 19.3 Å². The molecule has 7 nitrogen and oxygen atoms in total. The fourth-order valence-electron chi connectivity index (χ4n) is 2.44. The first-order valence-corrected chi connectivity index (χ1v) is 8.26. The Morgan fingerprint density at radius 2 is 1.95 bits per heavy atom. The summed E-state index contributed by atoms with van der Waals surface area (Å²) in [6.07, 6.45) is 3.34. The van der Waals surface area contributed by atoms with Crippen LogP contribution in [0.5, 0.6) is 0 Å². The Morgan fingerprint density at radius 1 is 1.32 bits per heavy atom. The zero-order valence-corrected chi connectivity index (χ0v) is 11.7. The van der Waals surface area contributed by atoms with E-state index in [9.17, 15) is 18.0 Å². The number of nitrogens with one attached hydrogen (secondary N) is 2. The summed E-state index contributed by atoms with van der Waals surface area (Å²) in [6.45, 7) is 0.863. The maximum Gasteiger partial charge on any atom is 0.242 e. The summed E-state index contributed by atoms with van der Waals surface area (Å²) in [7, 11) is -3.14. The number of nitrogens with zero attached hydrogens (tertiary/aromatic N) is 1. The molecule has 0 aromatic heterocycles. The molecule has 0 aromatic carbocycles. The van der Waals surface area contributed by atoms with Crippen LogP contribution in [-0.4, -0.2) is 56.0 Å². The molecule has 0 saturated carbocycles. The molecule has 2 saturated heterocycles. The van der Waals surface area contributed by atoms with Gasteiger partial charge in [-0.25, -0.2) is 12.7 Å². The Morgan fingerprint density at radius 3 is 2.42 bits per heavy atom. The molecule has 19 heavy (non-hydrogen) atoms. The molecule has 1 atom stereocenters. The molecular formula is C11H19N3O4S. The first-order chi connectivity index (χ1) is 8.86. The molecule has 0 bridgehead atoms. The molecule has 2 aliphatic heterocycles. The van der Waals surface area contributed by atoms with Gasteiger partial charge in [0.1, 0.15) is 6.04 Å². The van der Waals surface area contributed by atoms with E-state index in [1.54, 1.807) is 0 Å². The Hall–Kier alpha value is -1.15. The van der Waals surface area contributed by atoms with Crippen molar-refractivity contribution in [3.63, 3.8) is 0 Å². The minimum Gasteiger partial charge on any atom is -0.351 e. The van der Waals surface area contributed by atoms with E-state index in [0.29, 0.717) is 38.8 Å². The Bertz CT molecular complexity index is 468. The van der Waals surface area contributed by atoms with Crippen molar-refractivity contribution in [2.45, 2.75) is 37.8 Å². The Balaban J connectivity index is 1.79. The standard InChI is InChI=1S/C11H19N3O4S/c1-19(17,18)14-6-4-8(5-7-14)12-11(16)9-2-3-10(15)13-9/h8-9H,2-7H2,1H3,(H,12,16)(H,13,15)/t9-/m1/s1. The van der Waals surface area contributed by atoms with Crippen LogP contribution >= 0.6 is 0 Å². The van der Waals surface area contributed by atoms with E-state index < -0.39 is 16.1 Å². The Kier molecular flexibility index (Phi) is 4.10. The highest BCUT2D eigenvalue weighted by Gasteiger charge is 2.30. The van der Waals surface area contributed by atoms with Crippen LogP contribution in [0, 0.1) is 0 Å². The van der Waals surface area contributed by atoms with Crippen LogP contribution < -0.4 is 10.6 Å².